The van der Waals surface area contributed by atoms with Gasteiger partial charge in [0, 0.05) is 5.56 Å². The number of aromatic amines is 1. The number of H-pyrrole nitrogens is 1. The van der Waals surface area contributed by atoms with Crippen LogP contribution in [-0.2, 0) is 0 Å². The lowest BCUT2D eigenvalue weighted by Crippen LogP contribution is -2.15. The van der Waals surface area contributed by atoms with Gasteiger partial charge in [-0.05, 0) is 35.7 Å². The van der Waals surface area contributed by atoms with E-state index in [1.165, 1.54) is 51.9 Å². The van der Waals surface area contributed by atoms with Gasteiger partial charge in [0.25, 0.3) is 11.3 Å². The van der Waals surface area contributed by atoms with Crippen molar-refractivity contribution in [2.24, 2.45) is 0 Å². The van der Waals surface area contributed by atoms with Gasteiger partial charge in [0.2, 0.25) is 5.16 Å². The second kappa shape index (κ2) is 6.81. The molecule has 7 nitrogen and oxygen atoms in total. The number of benzene rings is 1. The first-order valence-electron chi connectivity index (χ1n) is 7.43. The average molecular weight is 387 g/mol. The third-order valence-corrected chi connectivity index (χ3v) is 5.33. The number of thiophene rings is 1. The molecule has 4 aromatic rings. The third kappa shape index (κ3) is 3.16. The molecule has 0 aliphatic heterocycles. The lowest BCUT2D eigenvalue weighted by Gasteiger charge is -2.02. The summed E-state index contributed by atoms with van der Waals surface area (Å²) in [6, 6.07) is 9.02. The van der Waals surface area contributed by atoms with Crippen molar-refractivity contribution in [2.45, 2.75) is 5.16 Å². The molecule has 3 heterocycles. The first-order valence-corrected chi connectivity index (χ1v) is 9.29. The molecule has 0 aliphatic rings. The van der Waals surface area contributed by atoms with E-state index in [2.05, 4.69) is 20.3 Å². The minimum Gasteiger partial charge on any atom is -0.292 e. The summed E-state index contributed by atoms with van der Waals surface area (Å²) in [5.41, 5.74) is 0.125. The molecule has 0 saturated carbocycles. The van der Waals surface area contributed by atoms with Gasteiger partial charge in [-0.3, -0.25) is 14.6 Å². The van der Waals surface area contributed by atoms with Crippen molar-refractivity contribution in [3.05, 3.63) is 62.8 Å². The molecule has 0 radical (unpaired) electrons. The summed E-state index contributed by atoms with van der Waals surface area (Å²) in [7, 11) is 0. The standard InChI is InChI=1S/C16H10FN5O2S2/c17-10-5-3-9(4-6-10)13-14(24)18-15-19-20-16(22(15)21-13)26-8-11(23)12-2-1-7-25-12/h1-7H,8H2,(H,18,19,24). The minimum atomic E-state index is -0.456. The normalized spacial score (nSPS) is 11.1. The Morgan fingerprint density at radius 1 is 1.23 bits per heavy atom. The Kier molecular flexibility index (Phi) is 4.35. The molecule has 0 amide bonds. The number of nitrogens with zero attached hydrogens (tertiary/aromatic N) is 4. The molecule has 0 bridgehead atoms. The van der Waals surface area contributed by atoms with Crippen LogP contribution in [0.5, 0.6) is 0 Å². The lowest BCUT2D eigenvalue weighted by molar-refractivity contribution is 0.102. The highest BCUT2D eigenvalue weighted by Crippen LogP contribution is 2.20. The van der Waals surface area contributed by atoms with E-state index < -0.39 is 11.4 Å². The van der Waals surface area contributed by atoms with Gasteiger partial charge < -0.3 is 0 Å². The molecule has 0 fully saturated rings. The van der Waals surface area contributed by atoms with Crippen LogP contribution in [0, 0.1) is 5.82 Å². The second-order valence-electron chi connectivity index (χ2n) is 5.22. The van der Waals surface area contributed by atoms with Crippen LogP contribution in [0.15, 0.2) is 51.7 Å². The van der Waals surface area contributed by atoms with Gasteiger partial charge in [-0.1, -0.05) is 17.8 Å². The number of thioether (sulfide) groups is 1. The summed E-state index contributed by atoms with van der Waals surface area (Å²) in [6.45, 7) is 0. The number of Topliss-reactive ketones (excluding diaryl/α,β-unsaturated/α-hetero) is 1. The Bertz CT molecular complexity index is 1140. The van der Waals surface area contributed by atoms with Gasteiger partial charge >= 0.3 is 0 Å². The molecule has 0 spiro atoms. The highest BCUT2D eigenvalue weighted by Gasteiger charge is 2.15. The highest BCUT2D eigenvalue weighted by molar-refractivity contribution is 7.99. The number of nitrogens with one attached hydrogen (secondary N) is 1. The smallest absolute Gasteiger partial charge is 0.279 e. The topological polar surface area (TPSA) is 93.0 Å². The molecule has 0 aliphatic carbocycles. The van der Waals surface area contributed by atoms with Crippen molar-refractivity contribution in [1.29, 1.82) is 0 Å². The van der Waals surface area contributed by atoms with Crippen molar-refractivity contribution in [3.63, 3.8) is 0 Å². The SMILES string of the molecule is O=C(CSc1nnc2[nH]c(=O)c(-c3ccc(F)cc3)nn12)c1cccs1. The second-order valence-corrected chi connectivity index (χ2v) is 7.11. The number of carbonyl (C=O) groups excluding carboxylic acids is 1. The van der Waals surface area contributed by atoms with Gasteiger partial charge in [0.05, 0.1) is 10.6 Å². The van der Waals surface area contributed by atoms with Crippen LogP contribution >= 0.6 is 23.1 Å². The Morgan fingerprint density at radius 2 is 2.04 bits per heavy atom. The summed E-state index contributed by atoms with van der Waals surface area (Å²) in [5.74, 6) is -0.0793. The van der Waals surface area contributed by atoms with E-state index in [9.17, 15) is 14.0 Å². The van der Waals surface area contributed by atoms with Crippen LogP contribution in [0.4, 0.5) is 4.39 Å². The number of halogens is 1. The summed E-state index contributed by atoms with van der Waals surface area (Å²) in [4.78, 5) is 27.6. The molecule has 0 atom stereocenters. The predicted molar refractivity (Wildman–Crippen MR) is 96.2 cm³/mol. The van der Waals surface area contributed by atoms with Crippen LogP contribution in [0.2, 0.25) is 0 Å². The van der Waals surface area contributed by atoms with Crippen LogP contribution in [0.3, 0.4) is 0 Å². The molecule has 26 heavy (non-hydrogen) atoms. The number of ketones is 1. The van der Waals surface area contributed by atoms with Crippen molar-refractivity contribution in [1.82, 2.24) is 24.8 Å². The quantitative estimate of drug-likeness (QED) is 0.418. The maximum absolute atomic E-state index is 13.1. The van der Waals surface area contributed by atoms with Crippen LogP contribution < -0.4 is 5.56 Å². The van der Waals surface area contributed by atoms with Gasteiger partial charge in [-0.2, -0.15) is 9.61 Å². The summed E-state index contributed by atoms with van der Waals surface area (Å²) in [6.07, 6.45) is 0. The monoisotopic (exact) mass is 387 g/mol. The predicted octanol–water partition coefficient (Wildman–Crippen LogP) is 2.66. The molecular weight excluding hydrogens is 377 g/mol. The number of fused-ring (bicyclic) bond motifs is 1. The minimum absolute atomic E-state index is 0.0232. The number of hydrogen-bond acceptors (Lipinski definition) is 7. The van der Waals surface area contributed by atoms with Crippen molar-refractivity contribution < 1.29 is 9.18 Å². The number of aromatic nitrogens is 5. The number of rotatable bonds is 5. The molecule has 130 valence electrons. The van der Waals surface area contributed by atoms with Crippen LogP contribution in [-0.4, -0.2) is 36.3 Å². The lowest BCUT2D eigenvalue weighted by atomic mass is 10.2. The van der Waals surface area contributed by atoms with E-state index in [-0.39, 0.29) is 23.0 Å². The zero-order valence-electron chi connectivity index (χ0n) is 13.0. The van der Waals surface area contributed by atoms with Crippen LogP contribution in [0.1, 0.15) is 9.67 Å². The van der Waals surface area contributed by atoms with E-state index >= 15 is 0 Å². The number of carbonyl (C=O) groups is 1. The maximum Gasteiger partial charge on any atom is 0.279 e. The third-order valence-electron chi connectivity index (χ3n) is 3.50. The molecule has 0 saturated heterocycles. The van der Waals surface area contributed by atoms with E-state index in [1.54, 1.807) is 6.07 Å². The van der Waals surface area contributed by atoms with Crippen molar-refractivity contribution >= 4 is 34.7 Å². The maximum atomic E-state index is 13.1. The fraction of sp³-hybridized carbons (Fsp3) is 0.0625. The zero-order valence-corrected chi connectivity index (χ0v) is 14.7. The van der Waals surface area contributed by atoms with Gasteiger partial charge in [-0.25, -0.2) is 4.39 Å². The Labute approximate surface area is 153 Å². The molecule has 10 heteroatoms. The van der Waals surface area contributed by atoms with E-state index in [0.29, 0.717) is 15.6 Å². The summed E-state index contributed by atoms with van der Waals surface area (Å²) < 4.78 is 14.5. The van der Waals surface area contributed by atoms with E-state index in [4.69, 9.17) is 0 Å². The zero-order chi connectivity index (χ0) is 18.1. The summed E-state index contributed by atoms with van der Waals surface area (Å²) in [5, 5.41) is 14.3. The first kappa shape index (κ1) is 16.6. The average Bonchev–Trinajstić information content (AvgIpc) is 3.30. The fourth-order valence-corrected chi connectivity index (χ4v) is 3.78. The Hall–Kier alpha value is -2.85. The Morgan fingerprint density at radius 3 is 2.77 bits per heavy atom. The van der Waals surface area contributed by atoms with Gasteiger partial charge in [0.15, 0.2) is 11.5 Å². The molecule has 3 aromatic heterocycles. The van der Waals surface area contributed by atoms with Gasteiger partial charge in [0.1, 0.15) is 5.82 Å². The molecule has 0 unspecified atom stereocenters. The van der Waals surface area contributed by atoms with E-state index in [0.717, 1.165) is 0 Å². The molecule has 1 N–H and O–H groups in total. The van der Waals surface area contributed by atoms with Gasteiger partial charge in [-0.15, -0.1) is 21.5 Å². The molecule has 4 rings (SSSR count). The highest BCUT2D eigenvalue weighted by atomic mass is 32.2. The van der Waals surface area contributed by atoms with E-state index in [1.807, 2.05) is 11.4 Å². The van der Waals surface area contributed by atoms with Crippen molar-refractivity contribution in [3.8, 4) is 11.3 Å². The molecule has 1 aromatic carbocycles. The van der Waals surface area contributed by atoms with Crippen molar-refractivity contribution in [2.75, 3.05) is 5.75 Å². The largest absolute Gasteiger partial charge is 0.292 e. The van der Waals surface area contributed by atoms with Crippen LogP contribution in [0.25, 0.3) is 17.0 Å². The summed E-state index contributed by atoms with van der Waals surface area (Å²) >= 11 is 2.55. The number of hydrogen-bond donors (Lipinski definition) is 1. The first-order chi connectivity index (χ1) is 12.6. The fourth-order valence-electron chi connectivity index (χ4n) is 2.26. The Balaban J connectivity index is 1.66. The molecular formula is C16H10FN5O2S2.